The second-order valence-corrected chi connectivity index (χ2v) is 6.98. The lowest BCUT2D eigenvalue weighted by Gasteiger charge is -2.36. The molecule has 4 unspecified atom stereocenters. The van der Waals surface area contributed by atoms with Crippen LogP contribution in [0.4, 0.5) is 0 Å². The topological polar surface area (TPSA) is 46.5 Å². The van der Waals surface area contributed by atoms with Gasteiger partial charge in [0.2, 0.25) is 0 Å². The highest BCUT2D eigenvalue weighted by Crippen LogP contribution is 2.53. The summed E-state index contributed by atoms with van der Waals surface area (Å²) in [4.78, 5) is 12.0. The highest BCUT2D eigenvalue weighted by Gasteiger charge is 2.58. The number of fused-ring (bicyclic) bond motifs is 3. The molecule has 2 aliphatic heterocycles. The Morgan fingerprint density at radius 3 is 2.86 bits per heavy atom. The van der Waals surface area contributed by atoms with Crippen LogP contribution < -0.4 is 0 Å². The fourth-order valence-corrected chi connectivity index (χ4v) is 4.83. The first kappa shape index (κ1) is 13.3. The van der Waals surface area contributed by atoms with Gasteiger partial charge in [0.25, 0.3) is 0 Å². The van der Waals surface area contributed by atoms with Crippen LogP contribution in [0.3, 0.4) is 0 Å². The molecule has 0 saturated carbocycles. The molecule has 3 heteroatoms. The van der Waals surface area contributed by atoms with Gasteiger partial charge in [-0.1, -0.05) is 24.3 Å². The summed E-state index contributed by atoms with van der Waals surface area (Å²) in [6.07, 6.45) is 6.97. The highest BCUT2D eigenvalue weighted by molar-refractivity contribution is 5.76. The Kier molecular flexibility index (Phi) is 3.07. The van der Waals surface area contributed by atoms with Crippen molar-refractivity contribution in [3.63, 3.8) is 0 Å². The molecule has 1 N–H and O–H groups in total. The van der Waals surface area contributed by atoms with Crippen molar-refractivity contribution in [3.8, 4) is 0 Å². The van der Waals surface area contributed by atoms with E-state index in [2.05, 4.69) is 24.3 Å². The van der Waals surface area contributed by atoms with Gasteiger partial charge in [0.05, 0.1) is 17.6 Å². The molecule has 2 bridgehead atoms. The largest absolute Gasteiger partial charge is 0.481 e. The standard InChI is InChI=1S/C18H22O3/c19-17(20)18(11-14-8-9-16(18)21-14)10-13-6-3-5-12-4-1-2-7-15(12)13/h1-2,4,7,13-14,16H,3,5-6,8-11H2,(H,19,20). The van der Waals surface area contributed by atoms with Crippen LogP contribution in [0, 0.1) is 5.41 Å². The number of hydrogen-bond acceptors (Lipinski definition) is 2. The van der Waals surface area contributed by atoms with Crippen molar-refractivity contribution >= 4 is 5.97 Å². The van der Waals surface area contributed by atoms with Gasteiger partial charge in [-0.05, 0) is 62.0 Å². The monoisotopic (exact) mass is 286 g/mol. The summed E-state index contributed by atoms with van der Waals surface area (Å²) >= 11 is 0. The summed E-state index contributed by atoms with van der Waals surface area (Å²) < 4.78 is 5.90. The first-order valence-corrected chi connectivity index (χ1v) is 8.16. The van der Waals surface area contributed by atoms with Crippen LogP contribution in [0.1, 0.15) is 55.6 Å². The maximum atomic E-state index is 12.0. The predicted molar refractivity (Wildman–Crippen MR) is 79.3 cm³/mol. The Labute approximate surface area is 125 Å². The van der Waals surface area contributed by atoms with Gasteiger partial charge in [-0.15, -0.1) is 0 Å². The molecule has 2 heterocycles. The zero-order valence-corrected chi connectivity index (χ0v) is 12.3. The molecule has 3 nitrogen and oxygen atoms in total. The van der Waals surface area contributed by atoms with Gasteiger partial charge < -0.3 is 9.84 Å². The summed E-state index contributed by atoms with van der Waals surface area (Å²) in [6, 6.07) is 8.58. The summed E-state index contributed by atoms with van der Waals surface area (Å²) in [5, 5.41) is 9.88. The Morgan fingerprint density at radius 1 is 1.29 bits per heavy atom. The van der Waals surface area contributed by atoms with Gasteiger partial charge >= 0.3 is 5.97 Å². The van der Waals surface area contributed by atoms with E-state index in [1.165, 1.54) is 17.5 Å². The fourth-order valence-electron chi connectivity index (χ4n) is 4.83. The number of aryl methyl sites for hydroxylation is 1. The second kappa shape index (κ2) is 4.84. The molecule has 2 saturated heterocycles. The molecule has 112 valence electrons. The zero-order chi connectivity index (χ0) is 14.4. The van der Waals surface area contributed by atoms with Crippen LogP contribution in [0.5, 0.6) is 0 Å². The summed E-state index contributed by atoms with van der Waals surface area (Å²) in [5.41, 5.74) is 2.16. The molecule has 1 aromatic rings. The van der Waals surface area contributed by atoms with Crippen molar-refractivity contribution in [3.05, 3.63) is 35.4 Å². The molecule has 4 rings (SSSR count). The number of carbonyl (C=O) groups is 1. The van der Waals surface area contributed by atoms with E-state index >= 15 is 0 Å². The third-order valence-electron chi connectivity index (χ3n) is 5.85. The lowest BCUT2D eigenvalue weighted by molar-refractivity contribution is -0.153. The van der Waals surface area contributed by atoms with Crippen molar-refractivity contribution in [1.82, 2.24) is 0 Å². The third-order valence-corrected chi connectivity index (χ3v) is 5.85. The fraction of sp³-hybridized carbons (Fsp3) is 0.611. The quantitative estimate of drug-likeness (QED) is 0.924. The Balaban J connectivity index is 1.65. The van der Waals surface area contributed by atoms with E-state index in [-0.39, 0.29) is 12.2 Å². The van der Waals surface area contributed by atoms with E-state index < -0.39 is 11.4 Å². The van der Waals surface area contributed by atoms with Crippen LogP contribution in [0.2, 0.25) is 0 Å². The van der Waals surface area contributed by atoms with Crippen molar-refractivity contribution in [2.75, 3.05) is 0 Å². The van der Waals surface area contributed by atoms with Crippen LogP contribution in [-0.4, -0.2) is 23.3 Å². The molecule has 1 aromatic carbocycles. The van der Waals surface area contributed by atoms with E-state index in [4.69, 9.17) is 4.74 Å². The highest BCUT2D eigenvalue weighted by atomic mass is 16.5. The summed E-state index contributed by atoms with van der Waals surface area (Å²) in [6.45, 7) is 0. The van der Waals surface area contributed by atoms with Crippen LogP contribution in [0.25, 0.3) is 0 Å². The minimum Gasteiger partial charge on any atom is -0.481 e. The number of hydrogen-bond donors (Lipinski definition) is 1. The average Bonchev–Trinajstić information content (AvgIpc) is 3.09. The SMILES string of the molecule is O=C(O)C1(CC2CCCc3ccccc32)CC2CCC1O2. The number of carboxylic acids is 1. The average molecular weight is 286 g/mol. The van der Waals surface area contributed by atoms with E-state index in [0.717, 1.165) is 32.1 Å². The zero-order valence-electron chi connectivity index (χ0n) is 12.3. The molecule has 0 radical (unpaired) electrons. The van der Waals surface area contributed by atoms with Crippen molar-refractivity contribution in [2.24, 2.45) is 5.41 Å². The van der Waals surface area contributed by atoms with Gasteiger partial charge in [0.15, 0.2) is 0 Å². The molecule has 4 atom stereocenters. The van der Waals surface area contributed by atoms with E-state index in [1.54, 1.807) is 0 Å². The van der Waals surface area contributed by atoms with Crippen LogP contribution >= 0.6 is 0 Å². The molecule has 0 amide bonds. The third kappa shape index (κ3) is 2.02. The number of aliphatic carboxylic acids is 1. The predicted octanol–water partition coefficient (Wildman–Crippen LogP) is 3.52. The number of ether oxygens (including phenoxy) is 1. The number of rotatable bonds is 3. The summed E-state index contributed by atoms with van der Waals surface area (Å²) in [5.74, 6) is -0.258. The van der Waals surface area contributed by atoms with Gasteiger partial charge in [-0.2, -0.15) is 0 Å². The number of benzene rings is 1. The van der Waals surface area contributed by atoms with E-state index in [0.29, 0.717) is 12.3 Å². The van der Waals surface area contributed by atoms with Crippen LogP contribution in [-0.2, 0) is 16.0 Å². The lowest BCUT2D eigenvalue weighted by atomic mass is 9.65. The van der Waals surface area contributed by atoms with Crippen molar-refractivity contribution in [2.45, 2.75) is 63.1 Å². The van der Waals surface area contributed by atoms with Gasteiger partial charge in [-0.25, -0.2) is 0 Å². The first-order valence-electron chi connectivity index (χ1n) is 8.16. The van der Waals surface area contributed by atoms with Gasteiger partial charge in [0, 0.05) is 0 Å². The van der Waals surface area contributed by atoms with Crippen molar-refractivity contribution < 1.29 is 14.6 Å². The van der Waals surface area contributed by atoms with Crippen molar-refractivity contribution in [1.29, 1.82) is 0 Å². The first-order chi connectivity index (χ1) is 10.2. The van der Waals surface area contributed by atoms with Gasteiger partial charge in [0.1, 0.15) is 0 Å². The molecule has 1 aliphatic carbocycles. The smallest absolute Gasteiger partial charge is 0.312 e. The maximum absolute atomic E-state index is 12.0. The van der Waals surface area contributed by atoms with Gasteiger partial charge in [-0.3, -0.25) is 4.79 Å². The van der Waals surface area contributed by atoms with E-state index in [9.17, 15) is 9.90 Å². The second-order valence-electron chi connectivity index (χ2n) is 6.98. The molecular formula is C18H22O3. The summed E-state index contributed by atoms with van der Waals surface area (Å²) in [7, 11) is 0. The minimum atomic E-state index is -0.641. The molecule has 0 spiro atoms. The maximum Gasteiger partial charge on any atom is 0.312 e. The lowest BCUT2D eigenvalue weighted by Crippen LogP contribution is -2.41. The van der Waals surface area contributed by atoms with E-state index in [1.807, 2.05) is 0 Å². The Morgan fingerprint density at radius 2 is 2.14 bits per heavy atom. The molecular weight excluding hydrogens is 264 g/mol. The molecule has 21 heavy (non-hydrogen) atoms. The number of carboxylic acid groups (broad SMARTS) is 1. The normalized spacial score (nSPS) is 37.4. The molecule has 2 fully saturated rings. The van der Waals surface area contributed by atoms with Crippen LogP contribution in [0.15, 0.2) is 24.3 Å². The Bertz CT molecular complexity index is 567. The Hall–Kier alpha value is -1.35. The minimum absolute atomic E-state index is 0.0610. The molecule has 0 aromatic heterocycles. The molecule has 3 aliphatic rings.